The lowest BCUT2D eigenvalue weighted by atomic mass is 10.3. The van der Waals surface area contributed by atoms with Crippen LogP contribution < -0.4 is 10.2 Å². The van der Waals surface area contributed by atoms with Crippen LogP contribution in [0, 0.1) is 6.92 Å². The van der Waals surface area contributed by atoms with Gasteiger partial charge in [0.25, 0.3) is 0 Å². The minimum Gasteiger partial charge on any atom is -0.339 e. The van der Waals surface area contributed by atoms with E-state index in [2.05, 4.69) is 20.2 Å². The Hall–Kier alpha value is -1.01. The predicted molar refractivity (Wildman–Crippen MR) is 69.6 cm³/mol. The van der Waals surface area contributed by atoms with Gasteiger partial charge in [-0.15, -0.1) is 0 Å². The summed E-state index contributed by atoms with van der Waals surface area (Å²) >= 11 is 0. The summed E-state index contributed by atoms with van der Waals surface area (Å²) in [5.74, 6) is 2.21. The molecule has 0 saturated carbocycles. The molecule has 6 heteroatoms. The average Bonchev–Trinajstić information content (AvgIpc) is 2.29. The van der Waals surface area contributed by atoms with E-state index >= 15 is 0 Å². The van der Waals surface area contributed by atoms with Gasteiger partial charge in [-0.1, -0.05) is 0 Å². The zero-order valence-electron chi connectivity index (χ0n) is 10.3. The van der Waals surface area contributed by atoms with E-state index in [1.807, 2.05) is 20.0 Å². The van der Waals surface area contributed by atoms with Gasteiger partial charge in [0.2, 0.25) is 5.95 Å². The summed E-state index contributed by atoms with van der Waals surface area (Å²) in [6.45, 7) is 4.30. The summed E-state index contributed by atoms with van der Waals surface area (Å²) < 4.78 is 11.3. The van der Waals surface area contributed by atoms with Crippen LogP contribution in [0.25, 0.3) is 0 Å². The third-order valence-corrected chi connectivity index (χ3v) is 3.99. The fraction of sp³-hybridized carbons (Fsp3) is 0.636. The highest BCUT2D eigenvalue weighted by atomic mass is 32.2. The Bertz CT molecular complexity index is 414. The van der Waals surface area contributed by atoms with E-state index in [-0.39, 0.29) is 0 Å². The van der Waals surface area contributed by atoms with Gasteiger partial charge in [0.15, 0.2) is 0 Å². The first-order valence-corrected chi connectivity index (χ1v) is 7.27. The Morgan fingerprint density at radius 3 is 2.76 bits per heavy atom. The summed E-state index contributed by atoms with van der Waals surface area (Å²) in [5, 5.41) is 3.09. The molecule has 5 nitrogen and oxygen atoms in total. The van der Waals surface area contributed by atoms with Crippen molar-refractivity contribution in [3.8, 4) is 0 Å². The van der Waals surface area contributed by atoms with Crippen LogP contribution in [0.5, 0.6) is 0 Å². The van der Waals surface area contributed by atoms with Gasteiger partial charge in [0.05, 0.1) is 5.69 Å². The standard InChI is InChI=1S/C11H18N4OS/c1-9-7-10(8-12-2)14-11(13-9)15-3-5-17(16)6-4-15/h7,12H,3-6,8H2,1-2H3. The minimum atomic E-state index is -0.658. The van der Waals surface area contributed by atoms with Gasteiger partial charge < -0.3 is 10.2 Å². The van der Waals surface area contributed by atoms with Crippen LogP contribution in [0.4, 0.5) is 5.95 Å². The highest BCUT2D eigenvalue weighted by Gasteiger charge is 2.18. The first-order chi connectivity index (χ1) is 8.19. The second-order valence-corrected chi connectivity index (χ2v) is 5.86. The van der Waals surface area contributed by atoms with E-state index in [0.717, 1.165) is 48.5 Å². The highest BCUT2D eigenvalue weighted by molar-refractivity contribution is 7.85. The van der Waals surface area contributed by atoms with E-state index in [9.17, 15) is 4.21 Å². The lowest BCUT2D eigenvalue weighted by Crippen LogP contribution is -2.39. The molecule has 0 radical (unpaired) electrons. The first kappa shape index (κ1) is 12.4. The highest BCUT2D eigenvalue weighted by Crippen LogP contribution is 2.12. The largest absolute Gasteiger partial charge is 0.339 e. The van der Waals surface area contributed by atoms with E-state index < -0.39 is 10.8 Å². The second-order valence-electron chi connectivity index (χ2n) is 4.17. The Labute approximate surface area is 104 Å². The van der Waals surface area contributed by atoms with E-state index in [1.54, 1.807) is 0 Å². The molecule has 1 aromatic heterocycles. The molecule has 0 aliphatic carbocycles. The Balaban J connectivity index is 2.16. The van der Waals surface area contributed by atoms with Crippen molar-refractivity contribution in [1.29, 1.82) is 0 Å². The maximum atomic E-state index is 11.3. The molecule has 0 unspecified atom stereocenters. The molecule has 0 amide bonds. The summed E-state index contributed by atoms with van der Waals surface area (Å²) in [4.78, 5) is 11.1. The van der Waals surface area contributed by atoms with Crippen LogP contribution in [0.3, 0.4) is 0 Å². The summed E-state index contributed by atoms with van der Waals surface area (Å²) in [7, 11) is 1.25. The van der Waals surface area contributed by atoms with Crippen LogP contribution >= 0.6 is 0 Å². The first-order valence-electron chi connectivity index (χ1n) is 5.78. The number of nitrogens with one attached hydrogen (secondary N) is 1. The Kier molecular flexibility index (Phi) is 4.06. The lowest BCUT2D eigenvalue weighted by molar-refractivity contribution is 0.670. The van der Waals surface area contributed by atoms with E-state index in [4.69, 9.17) is 0 Å². The molecule has 1 N–H and O–H groups in total. The Morgan fingerprint density at radius 1 is 1.41 bits per heavy atom. The SMILES string of the molecule is CNCc1cc(C)nc(N2CCS(=O)CC2)n1. The van der Waals surface area contributed by atoms with Gasteiger partial charge in [-0.05, 0) is 20.0 Å². The normalized spacial score (nSPS) is 17.4. The van der Waals surface area contributed by atoms with Crippen LogP contribution in [-0.4, -0.2) is 45.8 Å². The second kappa shape index (κ2) is 5.55. The summed E-state index contributed by atoms with van der Waals surface area (Å²) in [6.07, 6.45) is 0. The molecule has 1 aliphatic heterocycles. The molecular formula is C11H18N4OS. The van der Waals surface area contributed by atoms with Gasteiger partial charge in [0.1, 0.15) is 0 Å². The maximum absolute atomic E-state index is 11.3. The third-order valence-electron chi connectivity index (χ3n) is 2.71. The number of anilines is 1. The predicted octanol–water partition coefficient (Wildman–Crippen LogP) is 0.0731. The van der Waals surface area contributed by atoms with Crippen LogP contribution in [0.15, 0.2) is 6.07 Å². The van der Waals surface area contributed by atoms with Gasteiger partial charge in [0, 0.05) is 47.6 Å². The number of nitrogens with zero attached hydrogens (tertiary/aromatic N) is 3. The van der Waals surface area contributed by atoms with Crippen LogP contribution in [0.2, 0.25) is 0 Å². The third kappa shape index (κ3) is 3.23. The number of aromatic nitrogens is 2. The quantitative estimate of drug-likeness (QED) is 0.827. The molecule has 1 aliphatic rings. The average molecular weight is 254 g/mol. The van der Waals surface area contributed by atoms with Crippen LogP contribution in [0.1, 0.15) is 11.4 Å². The van der Waals surface area contributed by atoms with Crippen molar-refractivity contribution in [1.82, 2.24) is 15.3 Å². The zero-order chi connectivity index (χ0) is 12.3. The minimum absolute atomic E-state index is 0.658. The van der Waals surface area contributed by atoms with Crippen molar-refractivity contribution in [2.45, 2.75) is 13.5 Å². The topological polar surface area (TPSA) is 58.1 Å². The van der Waals surface area contributed by atoms with E-state index in [0.29, 0.717) is 0 Å². The maximum Gasteiger partial charge on any atom is 0.225 e. The molecule has 1 fully saturated rings. The molecule has 17 heavy (non-hydrogen) atoms. The van der Waals surface area contributed by atoms with Crippen molar-refractivity contribution in [2.24, 2.45) is 0 Å². The van der Waals surface area contributed by atoms with Gasteiger partial charge in [-0.25, -0.2) is 9.97 Å². The van der Waals surface area contributed by atoms with Crippen molar-refractivity contribution in [2.75, 3.05) is 36.5 Å². The van der Waals surface area contributed by atoms with Crippen molar-refractivity contribution >= 4 is 16.7 Å². The zero-order valence-corrected chi connectivity index (χ0v) is 11.1. The molecule has 0 atom stereocenters. The smallest absolute Gasteiger partial charge is 0.225 e. The van der Waals surface area contributed by atoms with Gasteiger partial charge >= 0.3 is 0 Å². The van der Waals surface area contributed by atoms with Crippen molar-refractivity contribution in [3.05, 3.63) is 17.5 Å². The fourth-order valence-electron chi connectivity index (χ4n) is 1.87. The number of aryl methyl sites for hydroxylation is 1. The molecule has 0 spiro atoms. The molecule has 2 heterocycles. The number of hydrogen-bond acceptors (Lipinski definition) is 5. The molecule has 1 saturated heterocycles. The van der Waals surface area contributed by atoms with Crippen molar-refractivity contribution in [3.63, 3.8) is 0 Å². The number of rotatable bonds is 3. The monoisotopic (exact) mass is 254 g/mol. The fourth-order valence-corrected chi connectivity index (χ4v) is 2.92. The molecule has 94 valence electrons. The van der Waals surface area contributed by atoms with Gasteiger partial charge in [-0.3, -0.25) is 4.21 Å². The number of hydrogen-bond donors (Lipinski definition) is 1. The molecular weight excluding hydrogens is 236 g/mol. The van der Waals surface area contributed by atoms with Crippen molar-refractivity contribution < 1.29 is 4.21 Å². The lowest BCUT2D eigenvalue weighted by Gasteiger charge is -2.26. The van der Waals surface area contributed by atoms with Gasteiger partial charge in [-0.2, -0.15) is 0 Å². The molecule has 2 rings (SSSR count). The molecule has 0 aromatic carbocycles. The molecule has 0 bridgehead atoms. The molecule has 1 aromatic rings. The summed E-state index contributed by atoms with van der Waals surface area (Å²) in [5.41, 5.74) is 1.98. The summed E-state index contributed by atoms with van der Waals surface area (Å²) in [6, 6.07) is 1.99. The van der Waals surface area contributed by atoms with Crippen LogP contribution in [-0.2, 0) is 17.3 Å². The Morgan fingerprint density at radius 2 is 2.12 bits per heavy atom. The van der Waals surface area contributed by atoms with E-state index in [1.165, 1.54) is 0 Å².